The van der Waals surface area contributed by atoms with Gasteiger partial charge in [-0.3, -0.25) is 14.4 Å². The van der Waals surface area contributed by atoms with E-state index < -0.39 is 0 Å². The van der Waals surface area contributed by atoms with Gasteiger partial charge in [0.2, 0.25) is 0 Å². The first kappa shape index (κ1) is 19.4. The maximum absolute atomic E-state index is 13.0. The lowest BCUT2D eigenvalue weighted by Gasteiger charge is -2.27. The van der Waals surface area contributed by atoms with Crippen LogP contribution in [0.15, 0.2) is 24.3 Å². The molecule has 1 fully saturated rings. The highest BCUT2D eigenvalue weighted by Crippen LogP contribution is 2.24. The van der Waals surface area contributed by atoms with Crippen molar-refractivity contribution < 1.29 is 14.4 Å². The van der Waals surface area contributed by atoms with Gasteiger partial charge in [0.05, 0.1) is 5.69 Å². The largest absolute Gasteiger partial charge is 0.336 e. The van der Waals surface area contributed by atoms with Crippen molar-refractivity contribution in [1.29, 1.82) is 0 Å². The molecule has 7 nitrogen and oxygen atoms in total. The molecule has 2 aromatic rings. The van der Waals surface area contributed by atoms with Gasteiger partial charge >= 0.3 is 0 Å². The molecule has 0 unspecified atom stereocenters. The predicted octanol–water partition coefficient (Wildman–Crippen LogP) is 3.30. The molecule has 0 bridgehead atoms. The van der Waals surface area contributed by atoms with Gasteiger partial charge in [0, 0.05) is 30.9 Å². The summed E-state index contributed by atoms with van der Waals surface area (Å²) in [5.74, 6) is -0.0211. The molecule has 1 aromatic heterocycles. The maximum atomic E-state index is 13.0. The summed E-state index contributed by atoms with van der Waals surface area (Å²) in [6, 6.07) is 6.78. The monoisotopic (exact) mass is 394 g/mol. The van der Waals surface area contributed by atoms with Gasteiger partial charge in [-0.25, -0.2) is 4.98 Å². The average molecular weight is 394 g/mol. The van der Waals surface area contributed by atoms with Crippen molar-refractivity contribution in [1.82, 2.24) is 14.5 Å². The fourth-order valence-corrected chi connectivity index (χ4v) is 4.11. The number of anilines is 1. The number of amides is 2. The number of hydrogen-bond donors (Lipinski definition) is 1. The summed E-state index contributed by atoms with van der Waals surface area (Å²) in [5, 5.41) is 2.86. The summed E-state index contributed by atoms with van der Waals surface area (Å²) in [4.78, 5) is 43.8. The van der Waals surface area contributed by atoms with E-state index in [9.17, 15) is 14.4 Å². The molecule has 1 N–H and O–H groups in total. The highest BCUT2D eigenvalue weighted by Gasteiger charge is 2.30. The quantitative estimate of drug-likeness (QED) is 0.807. The zero-order valence-corrected chi connectivity index (χ0v) is 16.7. The van der Waals surface area contributed by atoms with E-state index in [0.29, 0.717) is 22.8 Å². The number of nitrogens with one attached hydrogen (secondary N) is 1. The summed E-state index contributed by atoms with van der Waals surface area (Å²) in [6.45, 7) is 3.74. The average Bonchev–Trinajstić information content (AvgIpc) is 3.14. The Hall–Kier alpha value is -2.96. The number of aromatic nitrogens is 2. The number of fused-ring (bicyclic) bond motifs is 1. The Balaban J connectivity index is 1.59. The topological polar surface area (TPSA) is 84.3 Å². The maximum Gasteiger partial charge on any atom is 0.289 e. The van der Waals surface area contributed by atoms with Crippen molar-refractivity contribution in [2.45, 2.75) is 52.0 Å². The second-order valence-electron chi connectivity index (χ2n) is 7.78. The molecule has 152 valence electrons. The third-order valence-corrected chi connectivity index (χ3v) is 5.72. The van der Waals surface area contributed by atoms with Gasteiger partial charge in [-0.05, 0) is 69.7 Å². The van der Waals surface area contributed by atoms with Crippen LogP contribution < -0.4 is 5.32 Å². The van der Waals surface area contributed by atoms with E-state index in [2.05, 4.69) is 10.3 Å². The number of piperidine rings is 1. The van der Waals surface area contributed by atoms with Crippen molar-refractivity contribution in [3.63, 3.8) is 0 Å². The predicted molar refractivity (Wildman–Crippen MR) is 109 cm³/mol. The zero-order valence-electron chi connectivity index (χ0n) is 16.7. The van der Waals surface area contributed by atoms with Gasteiger partial charge in [0.25, 0.3) is 11.8 Å². The molecule has 7 heteroatoms. The Labute approximate surface area is 170 Å². The molecule has 0 radical (unpaired) electrons. The molecule has 2 aliphatic rings. The summed E-state index contributed by atoms with van der Waals surface area (Å²) in [7, 11) is 0. The van der Waals surface area contributed by atoms with Gasteiger partial charge in [-0.1, -0.05) is 0 Å². The first-order valence-electron chi connectivity index (χ1n) is 10.4. The van der Waals surface area contributed by atoms with Crippen LogP contribution in [0.3, 0.4) is 0 Å². The van der Waals surface area contributed by atoms with Crippen molar-refractivity contribution >= 4 is 23.3 Å². The third-order valence-electron chi connectivity index (χ3n) is 5.72. The van der Waals surface area contributed by atoms with Crippen LogP contribution in [0.4, 0.5) is 5.69 Å². The van der Waals surface area contributed by atoms with Gasteiger partial charge in [0.1, 0.15) is 0 Å². The molecule has 0 aliphatic carbocycles. The van der Waals surface area contributed by atoms with E-state index >= 15 is 0 Å². The van der Waals surface area contributed by atoms with E-state index in [0.717, 1.165) is 63.9 Å². The number of imidazole rings is 1. The number of carbonyl (C=O) groups excluding carboxylic acids is 3. The van der Waals surface area contributed by atoms with Crippen LogP contribution in [0, 0.1) is 0 Å². The van der Waals surface area contributed by atoms with E-state index in [1.54, 1.807) is 24.3 Å². The van der Waals surface area contributed by atoms with Gasteiger partial charge in [0.15, 0.2) is 17.3 Å². The Morgan fingerprint density at radius 1 is 0.931 bits per heavy atom. The molecule has 2 aliphatic heterocycles. The van der Waals surface area contributed by atoms with E-state index in [1.165, 1.54) is 6.92 Å². The molecule has 2 amide bonds. The Morgan fingerprint density at radius 3 is 2.31 bits per heavy atom. The van der Waals surface area contributed by atoms with Crippen LogP contribution in [0.25, 0.3) is 0 Å². The molecular formula is C22H26N4O3. The van der Waals surface area contributed by atoms with E-state index in [-0.39, 0.29) is 17.6 Å². The van der Waals surface area contributed by atoms with Crippen molar-refractivity contribution in [3.05, 3.63) is 47.0 Å². The number of Topliss-reactive ketones (excluding diaryl/α,β-unsaturated/α-hetero) is 1. The minimum atomic E-state index is -0.316. The number of rotatable bonds is 4. The normalized spacial score (nSPS) is 16.2. The molecule has 3 heterocycles. The summed E-state index contributed by atoms with van der Waals surface area (Å²) in [5.41, 5.74) is 2.37. The Kier molecular flexibility index (Phi) is 5.47. The van der Waals surface area contributed by atoms with Crippen LogP contribution in [-0.4, -0.2) is 45.1 Å². The number of nitrogens with zero attached hydrogens (tertiary/aromatic N) is 3. The Bertz CT molecular complexity index is 940. The van der Waals surface area contributed by atoms with Crippen molar-refractivity contribution in [3.8, 4) is 0 Å². The third kappa shape index (κ3) is 3.95. The SMILES string of the molecule is CC(=O)c1ccc(NC(=O)c2nc(C(=O)N3CCCCC3)n3c2CCCC3)cc1. The highest BCUT2D eigenvalue weighted by atomic mass is 16.2. The molecular weight excluding hydrogens is 368 g/mol. The van der Waals surface area contributed by atoms with Crippen LogP contribution in [0.1, 0.15) is 76.2 Å². The Morgan fingerprint density at radius 2 is 1.62 bits per heavy atom. The van der Waals surface area contributed by atoms with Crippen LogP contribution in [0.2, 0.25) is 0 Å². The standard InChI is InChI=1S/C22H26N4O3/c1-15(27)16-8-10-17(11-9-16)23-21(28)19-18-7-3-6-14-26(18)20(24-19)22(29)25-12-4-2-5-13-25/h8-11H,2-7,12-14H2,1H3,(H,23,28). The number of benzene rings is 1. The number of ketones is 1. The van der Waals surface area contributed by atoms with Gasteiger partial charge in [-0.2, -0.15) is 0 Å². The van der Waals surface area contributed by atoms with Gasteiger partial charge in [-0.15, -0.1) is 0 Å². The van der Waals surface area contributed by atoms with Crippen LogP contribution in [0.5, 0.6) is 0 Å². The fourth-order valence-electron chi connectivity index (χ4n) is 4.11. The van der Waals surface area contributed by atoms with E-state index in [1.807, 2.05) is 9.47 Å². The summed E-state index contributed by atoms with van der Waals surface area (Å²) < 4.78 is 1.94. The fraction of sp³-hybridized carbons (Fsp3) is 0.455. The molecule has 0 spiro atoms. The first-order chi connectivity index (χ1) is 14.0. The van der Waals surface area contributed by atoms with Crippen LogP contribution in [-0.2, 0) is 13.0 Å². The first-order valence-corrected chi connectivity index (χ1v) is 10.4. The van der Waals surface area contributed by atoms with Crippen molar-refractivity contribution in [2.24, 2.45) is 0 Å². The van der Waals surface area contributed by atoms with Gasteiger partial charge < -0.3 is 14.8 Å². The second-order valence-corrected chi connectivity index (χ2v) is 7.78. The summed E-state index contributed by atoms with van der Waals surface area (Å²) >= 11 is 0. The smallest absolute Gasteiger partial charge is 0.289 e. The summed E-state index contributed by atoms with van der Waals surface area (Å²) in [6.07, 6.45) is 5.89. The lowest BCUT2D eigenvalue weighted by atomic mass is 10.1. The lowest BCUT2D eigenvalue weighted by Crippen LogP contribution is -2.37. The minimum absolute atomic E-state index is 0.0214. The number of carbonyl (C=O) groups is 3. The molecule has 0 saturated carbocycles. The van der Waals surface area contributed by atoms with Crippen LogP contribution >= 0.6 is 0 Å². The minimum Gasteiger partial charge on any atom is -0.336 e. The molecule has 4 rings (SSSR count). The number of hydrogen-bond acceptors (Lipinski definition) is 4. The lowest BCUT2D eigenvalue weighted by molar-refractivity contribution is 0.0705. The van der Waals surface area contributed by atoms with Crippen molar-refractivity contribution in [2.75, 3.05) is 18.4 Å². The highest BCUT2D eigenvalue weighted by molar-refractivity contribution is 6.05. The molecule has 1 saturated heterocycles. The molecule has 29 heavy (non-hydrogen) atoms. The molecule has 0 atom stereocenters. The zero-order chi connectivity index (χ0) is 20.4. The number of likely N-dealkylation sites (tertiary alicyclic amines) is 1. The second kappa shape index (κ2) is 8.19. The molecule has 1 aromatic carbocycles. The van der Waals surface area contributed by atoms with E-state index in [4.69, 9.17) is 0 Å².